The van der Waals surface area contributed by atoms with Crippen LogP contribution in [0.3, 0.4) is 0 Å². The summed E-state index contributed by atoms with van der Waals surface area (Å²) in [5.74, 6) is 0.540. The van der Waals surface area contributed by atoms with E-state index in [0.29, 0.717) is 36.1 Å². The van der Waals surface area contributed by atoms with Gasteiger partial charge in [-0.3, -0.25) is 0 Å². The number of aliphatic hydroxyl groups excluding tert-OH is 1. The van der Waals surface area contributed by atoms with Crippen molar-refractivity contribution in [2.45, 2.75) is 32.4 Å². The lowest BCUT2D eigenvalue weighted by molar-refractivity contribution is -0.0673. The molecule has 2 atom stereocenters. The average Bonchev–Trinajstić information content (AvgIpc) is 2.49. The molecule has 0 unspecified atom stereocenters. The molecule has 1 fully saturated rings. The first kappa shape index (κ1) is 17.8. The Morgan fingerprint density at radius 2 is 2.17 bits per heavy atom. The number of anilines is 1. The molecule has 1 saturated carbocycles. The molecule has 0 radical (unpaired) electrons. The van der Waals surface area contributed by atoms with Gasteiger partial charge in [-0.05, 0) is 24.6 Å². The van der Waals surface area contributed by atoms with Crippen LogP contribution >= 0.6 is 11.6 Å². The van der Waals surface area contributed by atoms with Crippen molar-refractivity contribution in [1.82, 2.24) is 5.32 Å². The van der Waals surface area contributed by atoms with E-state index in [4.69, 9.17) is 21.1 Å². The number of rotatable bonds is 6. The molecule has 3 N–H and O–H groups in total. The van der Waals surface area contributed by atoms with Gasteiger partial charge in [0, 0.05) is 24.3 Å². The molecule has 0 heterocycles. The van der Waals surface area contributed by atoms with Gasteiger partial charge in [0.2, 0.25) is 0 Å². The van der Waals surface area contributed by atoms with Gasteiger partial charge >= 0.3 is 6.03 Å². The quantitative estimate of drug-likeness (QED) is 0.694. The van der Waals surface area contributed by atoms with E-state index in [-0.39, 0.29) is 23.6 Å². The standard InChI is InChI=1S/C16H23ClN2O4/c1-16(2)13(9-14(16)20)19-15(21)18-10-4-5-12(11(17)8-10)23-7-6-22-3/h4-5,8,13-14,20H,6-7,9H2,1-3H3,(H2,18,19,21)/t13-,14-/m0/s1. The summed E-state index contributed by atoms with van der Waals surface area (Å²) in [5, 5.41) is 15.7. The van der Waals surface area contributed by atoms with Crippen LogP contribution < -0.4 is 15.4 Å². The highest BCUT2D eigenvalue weighted by atomic mass is 35.5. The predicted molar refractivity (Wildman–Crippen MR) is 89.2 cm³/mol. The Kier molecular flexibility index (Phi) is 5.73. The first-order valence-electron chi connectivity index (χ1n) is 7.51. The first-order chi connectivity index (χ1) is 10.8. The van der Waals surface area contributed by atoms with Crippen molar-refractivity contribution in [2.75, 3.05) is 25.6 Å². The molecule has 1 aromatic carbocycles. The molecule has 23 heavy (non-hydrogen) atoms. The Morgan fingerprint density at radius 1 is 1.43 bits per heavy atom. The summed E-state index contributed by atoms with van der Waals surface area (Å²) >= 11 is 6.13. The second kappa shape index (κ2) is 7.38. The SMILES string of the molecule is COCCOc1ccc(NC(=O)N[C@H]2C[C@H](O)C2(C)C)cc1Cl. The van der Waals surface area contributed by atoms with Crippen LogP contribution in [0.1, 0.15) is 20.3 Å². The van der Waals surface area contributed by atoms with Crippen LogP contribution in [0.15, 0.2) is 18.2 Å². The maximum atomic E-state index is 12.0. The summed E-state index contributed by atoms with van der Waals surface area (Å²) in [7, 11) is 1.60. The number of methoxy groups -OCH3 is 1. The number of aliphatic hydroxyl groups is 1. The van der Waals surface area contributed by atoms with Crippen molar-refractivity contribution >= 4 is 23.3 Å². The number of amides is 2. The fourth-order valence-electron chi connectivity index (χ4n) is 2.40. The van der Waals surface area contributed by atoms with Gasteiger partial charge in [-0.2, -0.15) is 0 Å². The molecular formula is C16H23ClN2O4. The number of nitrogens with one attached hydrogen (secondary N) is 2. The average molecular weight is 343 g/mol. The summed E-state index contributed by atoms with van der Waals surface area (Å²) < 4.78 is 10.4. The van der Waals surface area contributed by atoms with E-state index < -0.39 is 0 Å². The minimum atomic E-state index is -0.384. The molecule has 1 aliphatic rings. The van der Waals surface area contributed by atoms with Gasteiger partial charge < -0.3 is 25.2 Å². The molecule has 7 heteroatoms. The summed E-state index contributed by atoms with van der Waals surface area (Å²) in [6.45, 7) is 4.73. The number of carbonyl (C=O) groups is 1. The Bertz CT molecular complexity index is 565. The van der Waals surface area contributed by atoms with Gasteiger partial charge in [-0.1, -0.05) is 25.4 Å². The summed E-state index contributed by atoms with van der Waals surface area (Å²) in [6.07, 6.45) is 0.179. The number of carbonyl (C=O) groups excluding carboxylic acids is 1. The van der Waals surface area contributed by atoms with E-state index in [0.717, 1.165) is 0 Å². The van der Waals surface area contributed by atoms with E-state index in [1.165, 1.54) is 0 Å². The van der Waals surface area contributed by atoms with Gasteiger partial charge in [0.25, 0.3) is 0 Å². The number of halogens is 1. The Balaban J connectivity index is 1.88. The molecule has 0 bridgehead atoms. The van der Waals surface area contributed by atoms with Gasteiger partial charge in [0.1, 0.15) is 12.4 Å². The highest BCUT2D eigenvalue weighted by Crippen LogP contribution is 2.40. The summed E-state index contributed by atoms with van der Waals surface area (Å²) in [5.41, 5.74) is 0.262. The largest absolute Gasteiger partial charge is 0.490 e. The number of ether oxygens (including phenoxy) is 2. The minimum Gasteiger partial charge on any atom is -0.490 e. The zero-order valence-corrected chi connectivity index (χ0v) is 14.3. The number of urea groups is 1. The van der Waals surface area contributed by atoms with Crippen LogP contribution in [-0.2, 0) is 4.74 Å². The van der Waals surface area contributed by atoms with Gasteiger partial charge in [-0.25, -0.2) is 4.79 Å². The van der Waals surface area contributed by atoms with Crippen molar-refractivity contribution < 1.29 is 19.4 Å². The van der Waals surface area contributed by atoms with Crippen LogP contribution in [0.25, 0.3) is 0 Å². The first-order valence-corrected chi connectivity index (χ1v) is 7.89. The lowest BCUT2D eigenvalue weighted by atomic mass is 9.65. The summed E-state index contributed by atoms with van der Waals surface area (Å²) in [6, 6.07) is 4.67. The van der Waals surface area contributed by atoms with Crippen molar-refractivity contribution in [3.8, 4) is 5.75 Å². The minimum absolute atomic E-state index is 0.0513. The van der Waals surface area contributed by atoms with E-state index in [9.17, 15) is 9.90 Å². The number of hydrogen-bond donors (Lipinski definition) is 3. The second-order valence-electron chi connectivity index (χ2n) is 6.21. The molecule has 0 aliphatic heterocycles. The van der Waals surface area contributed by atoms with Crippen LogP contribution in [-0.4, -0.2) is 43.6 Å². The molecule has 1 aliphatic carbocycles. The van der Waals surface area contributed by atoms with E-state index in [1.807, 2.05) is 13.8 Å². The smallest absolute Gasteiger partial charge is 0.319 e. The van der Waals surface area contributed by atoms with Crippen molar-refractivity contribution in [2.24, 2.45) is 5.41 Å². The van der Waals surface area contributed by atoms with Gasteiger partial charge in [0.05, 0.1) is 17.7 Å². The Hall–Kier alpha value is -1.50. The highest BCUT2D eigenvalue weighted by molar-refractivity contribution is 6.32. The molecular weight excluding hydrogens is 320 g/mol. The normalized spacial score (nSPS) is 22.1. The molecule has 1 aromatic rings. The monoisotopic (exact) mass is 342 g/mol. The molecule has 0 spiro atoms. The van der Waals surface area contributed by atoms with Gasteiger partial charge in [-0.15, -0.1) is 0 Å². The zero-order valence-electron chi connectivity index (χ0n) is 13.6. The third-order valence-electron chi connectivity index (χ3n) is 4.26. The van der Waals surface area contributed by atoms with Crippen LogP contribution in [0.2, 0.25) is 5.02 Å². The lowest BCUT2D eigenvalue weighted by Crippen LogP contribution is -2.61. The van der Waals surface area contributed by atoms with E-state index in [1.54, 1.807) is 25.3 Å². The number of benzene rings is 1. The molecule has 6 nitrogen and oxygen atoms in total. The maximum Gasteiger partial charge on any atom is 0.319 e. The highest BCUT2D eigenvalue weighted by Gasteiger charge is 2.47. The maximum absolute atomic E-state index is 12.0. The Labute approximate surface area is 141 Å². The number of hydrogen-bond acceptors (Lipinski definition) is 4. The molecule has 2 rings (SSSR count). The molecule has 128 valence electrons. The second-order valence-corrected chi connectivity index (χ2v) is 6.62. The third-order valence-corrected chi connectivity index (χ3v) is 4.55. The van der Waals surface area contributed by atoms with E-state index >= 15 is 0 Å². The van der Waals surface area contributed by atoms with Crippen molar-refractivity contribution in [3.05, 3.63) is 23.2 Å². The third kappa shape index (κ3) is 4.28. The molecule has 2 amide bonds. The van der Waals surface area contributed by atoms with Crippen LogP contribution in [0.5, 0.6) is 5.75 Å². The topological polar surface area (TPSA) is 79.8 Å². The summed E-state index contributed by atoms with van der Waals surface area (Å²) in [4.78, 5) is 12.0. The molecule has 0 aromatic heterocycles. The lowest BCUT2D eigenvalue weighted by Gasteiger charge is -2.49. The Morgan fingerprint density at radius 3 is 2.74 bits per heavy atom. The fourth-order valence-corrected chi connectivity index (χ4v) is 2.64. The van der Waals surface area contributed by atoms with Gasteiger partial charge in [0.15, 0.2) is 0 Å². The van der Waals surface area contributed by atoms with Crippen molar-refractivity contribution in [1.29, 1.82) is 0 Å². The predicted octanol–water partition coefficient (Wildman–Crippen LogP) is 2.65. The van der Waals surface area contributed by atoms with Crippen LogP contribution in [0, 0.1) is 5.41 Å². The van der Waals surface area contributed by atoms with Crippen LogP contribution in [0.4, 0.5) is 10.5 Å². The fraction of sp³-hybridized carbons (Fsp3) is 0.562. The van der Waals surface area contributed by atoms with Crippen molar-refractivity contribution in [3.63, 3.8) is 0 Å². The molecule has 0 saturated heterocycles. The zero-order chi connectivity index (χ0) is 17.0. The van der Waals surface area contributed by atoms with E-state index in [2.05, 4.69) is 10.6 Å².